The molecule has 24 heavy (non-hydrogen) atoms. The normalized spacial score (nSPS) is 16.8. The minimum absolute atomic E-state index is 0.0897. The Morgan fingerprint density at radius 2 is 1.92 bits per heavy atom. The van der Waals surface area contributed by atoms with E-state index in [0.717, 1.165) is 0 Å². The van der Waals surface area contributed by atoms with Gasteiger partial charge in [-0.2, -0.15) is 4.31 Å². The molecule has 1 fully saturated rings. The smallest absolute Gasteiger partial charge is 0.251 e. The van der Waals surface area contributed by atoms with E-state index >= 15 is 0 Å². The molecule has 0 aliphatic carbocycles. The third-order valence-corrected chi connectivity index (χ3v) is 6.18. The first-order valence-electron chi connectivity index (χ1n) is 7.95. The molecule has 1 aliphatic rings. The van der Waals surface area contributed by atoms with Gasteiger partial charge >= 0.3 is 0 Å². The largest absolute Gasteiger partial charge is 0.369 e. The van der Waals surface area contributed by atoms with E-state index in [9.17, 15) is 18.0 Å². The summed E-state index contributed by atoms with van der Waals surface area (Å²) in [5.41, 5.74) is 6.35. The van der Waals surface area contributed by atoms with Crippen molar-refractivity contribution < 1.29 is 18.0 Å². The number of hydrogen-bond acceptors (Lipinski definition) is 4. The van der Waals surface area contributed by atoms with Crippen LogP contribution in [-0.2, 0) is 14.8 Å². The number of nitrogens with zero attached hydrogens (tertiary/aromatic N) is 1. The molecule has 1 heterocycles. The number of piperidine rings is 1. The van der Waals surface area contributed by atoms with Crippen LogP contribution in [0.25, 0.3) is 0 Å². The number of amides is 2. The maximum Gasteiger partial charge on any atom is 0.251 e. The third kappa shape index (κ3) is 3.76. The molecular formula is C16H23N3O4S. The number of rotatable bonds is 5. The molecule has 0 saturated carbocycles. The second-order valence-electron chi connectivity index (χ2n) is 5.92. The molecule has 2 rings (SSSR count). The number of carbonyl (C=O) groups excluding carboxylic acids is 2. The van der Waals surface area contributed by atoms with E-state index in [-0.39, 0.29) is 35.7 Å². The Labute approximate surface area is 142 Å². The zero-order valence-electron chi connectivity index (χ0n) is 13.9. The van der Waals surface area contributed by atoms with Gasteiger partial charge in [0.15, 0.2) is 0 Å². The maximum atomic E-state index is 12.8. The molecule has 0 atom stereocenters. The summed E-state index contributed by atoms with van der Waals surface area (Å²) in [6, 6.07) is 4.55. The number of primary amides is 1. The molecule has 1 saturated heterocycles. The van der Waals surface area contributed by atoms with Crippen LogP contribution in [0.1, 0.15) is 35.7 Å². The average Bonchev–Trinajstić information content (AvgIpc) is 2.55. The zero-order valence-corrected chi connectivity index (χ0v) is 14.7. The number of nitrogens with one attached hydrogen (secondary N) is 1. The van der Waals surface area contributed by atoms with Crippen LogP contribution < -0.4 is 11.1 Å². The van der Waals surface area contributed by atoms with Gasteiger partial charge < -0.3 is 11.1 Å². The first-order chi connectivity index (χ1) is 11.3. The molecule has 0 unspecified atom stereocenters. The molecular weight excluding hydrogens is 330 g/mol. The first-order valence-corrected chi connectivity index (χ1v) is 9.39. The average molecular weight is 353 g/mol. The van der Waals surface area contributed by atoms with Crippen LogP contribution in [0.4, 0.5) is 0 Å². The van der Waals surface area contributed by atoms with Gasteiger partial charge in [-0.25, -0.2) is 8.42 Å². The van der Waals surface area contributed by atoms with Crippen molar-refractivity contribution in [2.45, 2.75) is 31.6 Å². The van der Waals surface area contributed by atoms with Crippen molar-refractivity contribution in [3.8, 4) is 0 Å². The quantitative estimate of drug-likeness (QED) is 0.809. The highest BCUT2D eigenvalue weighted by molar-refractivity contribution is 7.89. The summed E-state index contributed by atoms with van der Waals surface area (Å²) in [4.78, 5) is 23.4. The van der Waals surface area contributed by atoms with Crippen molar-refractivity contribution in [3.05, 3.63) is 29.3 Å². The van der Waals surface area contributed by atoms with E-state index in [1.165, 1.54) is 16.4 Å². The summed E-state index contributed by atoms with van der Waals surface area (Å²) in [6.07, 6.45) is 0.840. The van der Waals surface area contributed by atoms with Gasteiger partial charge in [-0.05, 0) is 44.4 Å². The Balaban J connectivity index is 2.25. The topological polar surface area (TPSA) is 110 Å². The van der Waals surface area contributed by atoms with Crippen LogP contribution in [-0.4, -0.2) is 44.2 Å². The fraction of sp³-hybridized carbons (Fsp3) is 0.500. The number of nitrogens with two attached hydrogens (primary N) is 1. The van der Waals surface area contributed by atoms with E-state index in [0.29, 0.717) is 30.5 Å². The molecule has 0 spiro atoms. The highest BCUT2D eigenvalue weighted by Gasteiger charge is 2.31. The van der Waals surface area contributed by atoms with Crippen LogP contribution in [0.3, 0.4) is 0 Å². The molecule has 0 bridgehead atoms. The lowest BCUT2D eigenvalue weighted by Gasteiger charge is -2.29. The number of carbonyl (C=O) groups is 2. The summed E-state index contributed by atoms with van der Waals surface area (Å²) in [5.74, 6) is -0.958. The van der Waals surface area contributed by atoms with Gasteiger partial charge in [0.05, 0.1) is 4.90 Å². The van der Waals surface area contributed by atoms with E-state index in [4.69, 9.17) is 5.73 Å². The van der Waals surface area contributed by atoms with Crippen molar-refractivity contribution in [2.75, 3.05) is 19.6 Å². The van der Waals surface area contributed by atoms with Crippen LogP contribution in [0.5, 0.6) is 0 Å². The Morgan fingerprint density at radius 3 is 2.46 bits per heavy atom. The van der Waals surface area contributed by atoms with Crippen molar-refractivity contribution in [3.63, 3.8) is 0 Å². The lowest BCUT2D eigenvalue weighted by atomic mass is 9.98. The number of sulfonamides is 1. The van der Waals surface area contributed by atoms with Gasteiger partial charge in [-0.1, -0.05) is 6.07 Å². The number of aryl methyl sites for hydroxylation is 1. The first kappa shape index (κ1) is 18.4. The predicted octanol–water partition coefficient (Wildman–Crippen LogP) is 0.631. The summed E-state index contributed by atoms with van der Waals surface area (Å²) in [5, 5.41) is 2.68. The van der Waals surface area contributed by atoms with Gasteiger partial charge in [-0.15, -0.1) is 0 Å². The molecule has 3 N–H and O–H groups in total. The standard InChI is InChI=1S/C16H23N3O4S/c1-3-18-16(21)14-10-13(5-4-11(14)2)24(22,23)19-8-6-12(7-9-19)15(17)20/h4-5,10,12H,3,6-9H2,1-2H3,(H2,17,20)(H,18,21). The van der Waals surface area contributed by atoms with Gasteiger partial charge in [0.1, 0.15) is 0 Å². The molecule has 2 amide bonds. The molecule has 8 heteroatoms. The van der Waals surface area contributed by atoms with Crippen molar-refractivity contribution in [2.24, 2.45) is 11.7 Å². The van der Waals surface area contributed by atoms with Gasteiger partial charge in [0, 0.05) is 31.1 Å². The molecule has 132 valence electrons. The third-order valence-electron chi connectivity index (χ3n) is 4.29. The fourth-order valence-electron chi connectivity index (χ4n) is 2.79. The Bertz CT molecular complexity index is 738. The second kappa shape index (κ2) is 7.31. The van der Waals surface area contributed by atoms with Crippen LogP contribution >= 0.6 is 0 Å². The Morgan fingerprint density at radius 1 is 1.29 bits per heavy atom. The van der Waals surface area contributed by atoms with Gasteiger partial charge in [-0.3, -0.25) is 9.59 Å². The fourth-order valence-corrected chi connectivity index (χ4v) is 4.29. The monoisotopic (exact) mass is 353 g/mol. The summed E-state index contributed by atoms with van der Waals surface area (Å²) < 4.78 is 26.9. The molecule has 1 aliphatic heterocycles. The van der Waals surface area contributed by atoms with Gasteiger partial charge in [0.2, 0.25) is 15.9 Å². The van der Waals surface area contributed by atoms with E-state index in [2.05, 4.69) is 5.32 Å². The molecule has 0 radical (unpaired) electrons. The molecule has 7 nitrogen and oxygen atoms in total. The number of hydrogen-bond donors (Lipinski definition) is 2. The van der Waals surface area contributed by atoms with E-state index < -0.39 is 10.0 Å². The summed E-state index contributed by atoms with van der Waals surface area (Å²) in [6.45, 7) is 4.53. The van der Waals surface area contributed by atoms with Crippen LogP contribution in [0, 0.1) is 12.8 Å². The van der Waals surface area contributed by atoms with Crippen LogP contribution in [0.2, 0.25) is 0 Å². The summed E-state index contributed by atoms with van der Waals surface area (Å²) >= 11 is 0. The number of benzene rings is 1. The summed E-state index contributed by atoms with van der Waals surface area (Å²) in [7, 11) is -3.70. The van der Waals surface area contributed by atoms with Crippen molar-refractivity contribution in [1.29, 1.82) is 0 Å². The van der Waals surface area contributed by atoms with Crippen LogP contribution in [0.15, 0.2) is 23.1 Å². The minimum atomic E-state index is -3.70. The molecule has 1 aromatic rings. The van der Waals surface area contributed by atoms with Crippen molar-refractivity contribution >= 4 is 21.8 Å². The van der Waals surface area contributed by atoms with E-state index in [1.807, 2.05) is 0 Å². The maximum absolute atomic E-state index is 12.8. The Hall–Kier alpha value is -1.93. The lowest BCUT2D eigenvalue weighted by Crippen LogP contribution is -2.41. The van der Waals surface area contributed by atoms with E-state index in [1.54, 1.807) is 19.9 Å². The SMILES string of the molecule is CCNC(=O)c1cc(S(=O)(=O)N2CCC(C(N)=O)CC2)ccc1C. The second-order valence-corrected chi connectivity index (χ2v) is 7.85. The van der Waals surface area contributed by atoms with Crippen molar-refractivity contribution in [1.82, 2.24) is 9.62 Å². The van der Waals surface area contributed by atoms with Gasteiger partial charge in [0.25, 0.3) is 5.91 Å². The zero-order chi connectivity index (χ0) is 17.9. The molecule has 0 aromatic heterocycles. The Kier molecular flexibility index (Phi) is 5.61. The highest BCUT2D eigenvalue weighted by atomic mass is 32.2. The minimum Gasteiger partial charge on any atom is -0.369 e. The lowest BCUT2D eigenvalue weighted by molar-refractivity contribution is -0.122. The molecule has 1 aromatic carbocycles. The predicted molar refractivity (Wildman–Crippen MR) is 89.9 cm³/mol. The highest BCUT2D eigenvalue weighted by Crippen LogP contribution is 2.25.